The van der Waals surface area contributed by atoms with Crippen LogP contribution in [0.1, 0.15) is 20.7 Å². The van der Waals surface area contributed by atoms with Crippen molar-refractivity contribution in [2.75, 3.05) is 5.32 Å². The predicted octanol–water partition coefficient (Wildman–Crippen LogP) is 2.40. The minimum atomic E-state index is -1.22. The Balaban J connectivity index is 2.18. The highest BCUT2D eigenvalue weighted by Crippen LogP contribution is 2.22. The lowest BCUT2D eigenvalue weighted by Crippen LogP contribution is -2.11. The van der Waals surface area contributed by atoms with Gasteiger partial charge < -0.3 is 15.5 Å². The maximum atomic E-state index is 11.7. The Hall–Kier alpha value is -2.34. The summed E-state index contributed by atoms with van der Waals surface area (Å²) in [5.74, 6) is -1.91. The summed E-state index contributed by atoms with van der Waals surface area (Å²) in [6.07, 6.45) is 0. The number of carboxylic acid groups (broad SMARTS) is 1. The third-order valence-corrected chi connectivity index (χ3v) is 2.95. The van der Waals surface area contributed by atoms with Gasteiger partial charge >= 0.3 is 5.97 Å². The van der Waals surface area contributed by atoms with Crippen LogP contribution >= 0.6 is 11.3 Å². The molecule has 0 saturated heterocycles. The average Bonchev–Trinajstić information content (AvgIpc) is 2.81. The number of benzene rings is 1. The van der Waals surface area contributed by atoms with Gasteiger partial charge in [0.2, 0.25) is 0 Å². The number of carbonyl (C=O) groups excluding carboxylic acids is 1. The Labute approximate surface area is 106 Å². The smallest absolute Gasteiger partial charge is 0.339 e. The van der Waals surface area contributed by atoms with Crippen LogP contribution in [0.15, 0.2) is 35.0 Å². The van der Waals surface area contributed by atoms with E-state index in [-0.39, 0.29) is 17.2 Å². The fourth-order valence-corrected chi connectivity index (χ4v) is 2.02. The first-order valence-corrected chi connectivity index (χ1v) is 5.92. The number of rotatable bonds is 3. The quantitative estimate of drug-likeness (QED) is 0.793. The van der Waals surface area contributed by atoms with Gasteiger partial charge in [-0.15, -0.1) is 0 Å². The van der Waals surface area contributed by atoms with E-state index in [1.54, 1.807) is 16.8 Å². The van der Waals surface area contributed by atoms with Gasteiger partial charge in [-0.3, -0.25) is 4.79 Å². The lowest BCUT2D eigenvalue weighted by atomic mass is 10.2. The van der Waals surface area contributed by atoms with Crippen molar-refractivity contribution in [3.05, 3.63) is 46.2 Å². The summed E-state index contributed by atoms with van der Waals surface area (Å²) >= 11 is 1.40. The molecule has 0 unspecified atom stereocenters. The summed E-state index contributed by atoms with van der Waals surface area (Å²) < 4.78 is 0. The molecular formula is C12H9NO4S. The van der Waals surface area contributed by atoms with Gasteiger partial charge in [0.15, 0.2) is 0 Å². The van der Waals surface area contributed by atoms with Gasteiger partial charge in [0.25, 0.3) is 5.91 Å². The van der Waals surface area contributed by atoms with Crippen molar-refractivity contribution in [3.8, 4) is 5.75 Å². The second-order valence-electron chi connectivity index (χ2n) is 3.50. The van der Waals surface area contributed by atoms with Crippen molar-refractivity contribution < 1.29 is 19.8 Å². The van der Waals surface area contributed by atoms with E-state index in [1.807, 2.05) is 0 Å². The van der Waals surface area contributed by atoms with Crippen LogP contribution in [0.2, 0.25) is 0 Å². The van der Waals surface area contributed by atoms with E-state index in [9.17, 15) is 14.7 Å². The maximum Gasteiger partial charge on any atom is 0.339 e. The van der Waals surface area contributed by atoms with Crippen LogP contribution in [0.5, 0.6) is 5.75 Å². The van der Waals surface area contributed by atoms with Crippen LogP contribution in [0.4, 0.5) is 5.69 Å². The fraction of sp³-hybridized carbons (Fsp3) is 0. The van der Waals surface area contributed by atoms with Crippen molar-refractivity contribution in [2.45, 2.75) is 0 Å². The van der Waals surface area contributed by atoms with E-state index < -0.39 is 5.97 Å². The molecule has 0 saturated carbocycles. The van der Waals surface area contributed by atoms with Crippen molar-refractivity contribution in [1.29, 1.82) is 0 Å². The molecule has 0 bridgehead atoms. The van der Waals surface area contributed by atoms with Gasteiger partial charge in [-0.05, 0) is 23.6 Å². The van der Waals surface area contributed by atoms with Gasteiger partial charge in [0.1, 0.15) is 11.3 Å². The second-order valence-corrected chi connectivity index (χ2v) is 4.28. The molecule has 0 aliphatic heterocycles. The van der Waals surface area contributed by atoms with Crippen LogP contribution in [0.25, 0.3) is 0 Å². The van der Waals surface area contributed by atoms with Gasteiger partial charge in [-0.25, -0.2) is 4.79 Å². The lowest BCUT2D eigenvalue weighted by Gasteiger charge is -2.06. The number of carbonyl (C=O) groups is 2. The Kier molecular flexibility index (Phi) is 3.29. The third kappa shape index (κ3) is 2.49. The Morgan fingerprint density at radius 2 is 2.00 bits per heavy atom. The zero-order chi connectivity index (χ0) is 13.1. The number of hydrogen-bond donors (Lipinski definition) is 3. The van der Waals surface area contributed by atoms with E-state index in [0.717, 1.165) is 0 Å². The molecular weight excluding hydrogens is 254 g/mol. The number of aromatic hydroxyl groups is 1. The van der Waals surface area contributed by atoms with Gasteiger partial charge in [-0.1, -0.05) is 0 Å². The molecule has 1 amide bonds. The minimum absolute atomic E-state index is 0.205. The molecule has 5 nitrogen and oxygen atoms in total. The molecule has 0 aliphatic rings. The highest BCUT2D eigenvalue weighted by molar-refractivity contribution is 7.08. The van der Waals surface area contributed by atoms with Crippen LogP contribution < -0.4 is 5.32 Å². The highest BCUT2D eigenvalue weighted by atomic mass is 32.1. The molecule has 0 fully saturated rings. The molecule has 0 atom stereocenters. The zero-order valence-corrected chi connectivity index (χ0v) is 9.90. The van der Waals surface area contributed by atoms with E-state index in [1.165, 1.54) is 29.5 Å². The number of phenols is 1. The highest BCUT2D eigenvalue weighted by Gasteiger charge is 2.11. The Bertz CT molecular complexity index is 592. The summed E-state index contributed by atoms with van der Waals surface area (Å²) in [7, 11) is 0. The van der Waals surface area contributed by atoms with Crippen LogP contribution in [0.3, 0.4) is 0 Å². The minimum Gasteiger partial charge on any atom is -0.507 e. The van der Waals surface area contributed by atoms with E-state index in [2.05, 4.69) is 5.32 Å². The molecule has 1 aromatic heterocycles. The first kappa shape index (κ1) is 12.1. The summed E-state index contributed by atoms with van der Waals surface area (Å²) in [4.78, 5) is 22.4. The molecule has 6 heteroatoms. The zero-order valence-electron chi connectivity index (χ0n) is 9.08. The predicted molar refractivity (Wildman–Crippen MR) is 67.3 cm³/mol. The third-order valence-electron chi connectivity index (χ3n) is 2.27. The summed E-state index contributed by atoms with van der Waals surface area (Å²) in [6.45, 7) is 0. The fourth-order valence-electron chi connectivity index (χ4n) is 1.39. The number of carboxylic acids is 1. The van der Waals surface area contributed by atoms with Crippen molar-refractivity contribution in [2.24, 2.45) is 0 Å². The molecule has 2 rings (SSSR count). The Morgan fingerprint density at radius 1 is 1.22 bits per heavy atom. The van der Waals surface area contributed by atoms with Crippen LogP contribution in [0, 0.1) is 0 Å². The summed E-state index contributed by atoms with van der Waals surface area (Å²) in [5.41, 5.74) is 0.652. The van der Waals surface area contributed by atoms with Crippen molar-refractivity contribution in [1.82, 2.24) is 0 Å². The number of amides is 1. The Morgan fingerprint density at radius 3 is 2.56 bits per heavy atom. The molecule has 0 radical (unpaired) electrons. The number of hydrogen-bond acceptors (Lipinski definition) is 4. The molecule has 18 heavy (non-hydrogen) atoms. The molecule has 0 spiro atoms. The van der Waals surface area contributed by atoms with Crippen LogP contribution in [-0.4, -0.2) is 22.1 Å². The molecule has 0 aliphatic carbocycles. The average molecular weight is 263 g/mol. The molecule has 1 heterocycles. The number of aromatic carboxylic acids is 1. The van der Waals surface area contributed by atoms with Crippen molar-refractivity contribution in [3.63, 3.8) is 0 Å². The molecule has 1 aromatic carbocycles. The van der Waals surface area contributed by atoms with Gasteiger partial charge in [0, 0.05) is 17.1 Å². The summed E-state index contributed by atoms with van der Waals surface area (Å²) in [6, 6.07) is 5.54. The SMILES string of the molecule is O=C(Nc1ccc(C(=O)O)c(O)c1)c1ccsc1. The van der Waals surface area contributed by atoms with Crippen molar-refractivity contribution >= 4 is 28.9 Å². The van der Waals surface area contributed by atoms with Gasteiger partial charge in [-0.2, -0.15) is 11.3 Å². The number of thiophene rings is 1. The monoisotopic (exact) mass is 263 g/mol. The topological polar surface area (TPSA) is 86.6 Å². The van der Waals surface area contributed by atoms with Crippen LogP contribution in [-0.2, 0) is 0 Å². The first-order valence-electron chi connectivity index (χ1n) is 4.98. The number of anilines is 1. The largest absolute Gasteiger partial charge is 0.507 e. The number of nitrogens with one attached hydrogen (secondary N) is 1. The van der Waals surface area contributed by atoms with E-state index >= 15 is 0 Å². The van der Waals surface area contributed by atoms with Gasteiger partial charge in [0.05, 0.1) is 5.56 Å². The molecule has 2 aromatic rings. The normalized spacial score (nSPS) is 10.0. The standard InChI is InChI=1S/C12H9NO4S/c14-10-5-8(1-2-9(10)12(16)17)13-11(15)7-3-4-18-6-7/h1-6,14H,(H,13,15)(H,16,17). The summed E-state index contributed by atoms with van der Waals surface area (Å²) in [5, 5.41) is 24.3. The molecule has 92 valence electrons. The maximum absolute atomic E-state index is 11.7. The molecule has 3 N–H and O–H groups in total. The lowest BCUT2D eigenvalue weighted by molar-refractivity contribution is 0.0693. The van der Waals surface area contributed by atoms with E-state index in [4.69, 9.17) is 5.11 Å². The first-order chi connectivity index (χ1) is 8.58. The second kappa shape index (κ2) is 4.89. The van der Waals surface area contributed by atoms with E-state index in [0.29, 0.717) is 11.3 Å².